The Morgan fingerprint density at radius 1 is 0.946 bits per heavy atom. The summed E-state index contributed by atoms with van der Waals surface area (Å²) in [6.45, 7) is 3.79. The topological polar surface area (TPSA) is 84.5 Å². The van der Waals surface area contributed by atoms with Crippen molar-refractivity contribution in [1.29, 1.82) is 0 Å². The molecule has 2 aromatic carbocycles. The van der Waals surface area contributed by atoms with Crippen LogP contribution in [0.4, 0.5) is 5.69 Å². The highest BCUT2D eigenvalue weighted by Gasteiger charge is 2.40. The zero-order chi connectivity index (χ0) is 26.3. The third-order valence-corrected chi connectivity index (χ3v) is 8.33. The molecule has 3 aliphatic rings. The summed E-state index contributed by atoms with van der Waals surface area (Å²) >= 11 is 7.21. The standard InChI is InChI=1S/C29H28Br2N2O4/c1-15-9-10-20(16(2)11-15)33-25(36)14-37-29-18(30)12-17(13-19(29)31)26-27-21(5-3-7-23(27)34)32-22-6-4-8-24(35)28(22)26/h9-13,26,32H,3-8,14H2,1-2H3,(H,33,36). The monoisotopic (exact) mass is 626 g/mol. The number of hydrogen-bond acceptors (Lipinski definition) is 5. The van der Waals surface area contributed by atoms with Crippen molar-refractivity contribution in [3.05, 3.63) is 78.5 Å². The van der Waals surface area contributed by atoms with Gasteiger partial charge in [-0.2, -0.15) is 0 Å². The first-order chi connectivity index (χ1) is 17.7. The molecule has 0 bridgehead atoms. The maximum atomic E-state index is 13.1. The summed E-state index contributed by atoms with van der Waals surface area (Å²) < 4.78 is 7.18. The van der Waals surface area contributed by atoms with E-state index in [9.17, 15) is 14.4 Å². The van der Waals surface area contributed by atoms with Crippen LogP contribution in [-0.2, 0) is 14.4 Å². The molecule has 0 fully saturated rings. The summed E-state index contributed by atoms with van der Waals surface area (Å²) in [5.41, 5.74) is 7.03. The molecule has 0 unspecified atom stereocenters. The van der Waals surface area contributed by atoms with Crippen molar-refractivity contribution < 1.29 is 19.1 Å². The first-order valence-corrected chi connectivity index (χ1v) is 14.1. The second kappa shape index (κ2) is 10.6. The van der Waals surface area contributed by atoms with Gasteiger partial charge in [0.05, 0.1) is 8.95 Å². The number of ketones is 2. The number of allylic oxidation sites excluding steroid dienone is 4. The summed E-state index contributed by atoms with van der Waals surface area (Å²) in [4.78, 5) is 38.7. The summed E-state index contributed by atoms with van der Waals surface area (Å²) in [5, 5.41) is 6.34. The van der Waals surface area contributed by atoms with Gasteiger partial charge < -0.3 is 15.4 Å². The van der Waals surface area contributed by atoms with Gasteiger partial charge in [-0.1, -0.05) is 17.7 Å². The van der Waals surface area contributed by atoms with Gasteiger partial charge in [0.2, 0.25) is 0 Å². The molecule has 5 rings (SSSR count). The molecular weight excluding hydrogens is 600 g/mol. The molecule has 1 amide bonds. The van der Waals surface area contributed by atoms with Gasteiger partial charge in [0, 0.05) is 47.0 Å². The lowest BCUT2D eigenvalue weighted by atomic mass is 9.71. The smallest absolute Gasteiger partial charge is 0.262 e. The first-order valence-electron chi connectivity index (χ1n) is 12.5. The molecule has 8 heteroatoms. The van der Waals surface area contributed by atoms with Gasteiger partial charge in [-0.05, 0) is 101 Å². The number of aryl methyl sites for hydroxylation is 2. The average Bonchev–Trinajstić information content (AvgIpc) is 2.84. The number of dihydropyridines is 1. The number of rotatable bonds is 5. The predicted molar refractivity (Wildman–Crippen MR) is 150 cm³/mol. The van der Waals surface area contributed by atoms with Gasteiger partial charge in [-0.15, -0.1) is 0 Å². The summed E-state index contributed by atoms with van der Waals surface area (Å²) in [5.74, 6) is 0.0140. The molecular formula is C29H28Br2N2O4. The summed E-state index contributed by atoms with van der Waals surface area (Å²) in [6, 6.07) is 9.65. The Hall–Kier alpha value is -2.71. The Labute approximate surface area is 233 Å². The Bertz CT molecular complexity index is 1330. The number of ether oxygens (including phenoxy) is 1. The van der Waals surface area contributed by atoms with E-state index in [1.165, 1.54) is 0 Å². The quantitative estimate of drug-likeness (QED) is 0.393. The van der Waals surface area contributed by atoms with E-state index in [1.54, 1.807) is 0 Å². The summed E-state index contributed by atoms with van der Waals surface area (Å²) in [6.07, 6.45) is 4.24. The number of nitrogens with one attached hydrogen (secondary N) is 2. The van der Waals surface area contributed by atoms with Gasteiger partial charge in [0.1, 0.15) is 5.75 Å². The minimum atomic E-state index is -0.402. The molecule has 2 aromatic rings. The van der Waals surface area contributed by atoms with Gasteiger partial charge in [0.15, 0.2) is 18.2 Å². The highest BCUT2D eigenvalue weighted by molar-refractivity contribution is 9.11. The van der Waals surface area contributed by atoms with E-state index in [0.29, 0.717) is 38.7 Å². The molecule has 2 aliphatic carbocycles. The number of carbonyl (C=O) groups is 3. The van der Waals surface area contributed by atoms with Crippen LogP contribution in [0.15, 0.2) is 61.8 Å². The normalized spacial score (nSPS) is 17.8. The number of anilines is 1. The molecule has 0 atom stereocenters. The van der Waals surface area contributed by atoms with E-state index in [4.69, 9.17) is 4.74 Å². The third kappa shape index (κ3) is 5.18. The molecule has 0 saturated carbocycles. The minimum Gasteiger partial charge on any atom is -0.481 e. The zero-order valence-electron chi connectivity index (χ0n) is 20.8. The Morgan fingerprint density at radius 3 is 2.11 bits per heavy atom. The lowest BCUT2D eigenvalue weighted by Gasteiger charge is -2.37. The molecule has 0 aromatic heterocycles. The van der Waals surface area contributed by atoms with Crippen molar-refractivity contribution in [3.63, 3.8) is 0 Å². The Morgan fingerprint density at radius 2 is 1.54 bits per heavy atom. The Kier molecular flexibility index (Phi) is 7.41. The van der Waals surface area contributed by atoms with Crippen molar-refractivity contribution in [1.82, 2.24) is 5.32 Å². The number of Topliss-reactive ketones (excluding diaryl/α,β-unsaturated/α-hetero) is 2. The van der Waals surface area contributed by atoms with Crippen molar-refractivity contribution in [3.8, 4) is 5.75 Å². The van der Waals surface area contributed by atoms with E-state index in [0.717, 1.165) is 59.5 Å². The van der Waals surface area contributed by atoms with Crippen LogP contribution in [0.5, 0.6) is 5.75 Å². The van der Waals surface area contributed by atoms with E-state index < -0.39 is 5.92 Å². The molecule has 2 N–H and O–H groups in total. The molecule has 0 radical (unpaired) electrons. The number of amides is 1. The van der Waals surface area contributed by atoms with Gasteiger partial charge in [0.25, 0.3) is 5.91 Å². The molecule has 0 spiro atoms. The minimum absolute atomic E-state index is 0.0966. The largest absolute Gasteiger partial charge is 0.481 e. The fraction of sp³-hybridized carbons (Fsp3) is 0.345. The van der Waals surface area contributed by atoms with Gasteiger partial charge in [-0.3, -0.25) is 14.4 Å². The fourth-order valence-electron chi connectivity index (χ4n) is 5.48. The van der Waals surface area contributed by atoms with Crippen molar-refractivity contribution in [2.45, 2.75) is 58.3 Å². The highest BCUT2D eigenvalue weighted by Crippen LogP contribution is 2.47. The molecule has 6 nitrogen and oxygen atoms in total. The summed E-state index contributed by atoms with van der Waals surface area (Å²) in [7, 11) is 0. The highest BCUT2D eigenvalue weighted by atomic mass is 79.9. The van der Waals surface area contributed by atoms with Crippen LogP contribution in [-0.4, -0.2) is 24.1 Å². The molecule has 1 aliphatic heterocycles. The SMILES string of the molecule is Cc1ccc(NC(=O)COc2c(Br)cc(C3C4=C(CCCC4=O)NC4=C3C(=O)CCC4)cc2Br)c(C)c1. The lowest BCUT2D eigenvalue weighted by Crippen LogP contribution is -2.36. The van der Waals surface area contributed by atoms with Gasteiger partial charge in [-0.25, -0.2) is 0 Å². The lowest BCUT2D eigenvalue weighted by molar-refractivity contribution is -0.118. The fourth-order valence-corrected chi connectivity index (χ4v) is 6.93. The van der Waals surface area contributed by atoms with E-state index in [1.807, 2.05) is 44.2 Å². The van der Waals surface area contributed by atoms with Crippen molar-refractivity contribution >= 4 is 55.0 Å². The van der Waals surface area contributed by atoms with E-state index in [2.05, 4.69) is 42.5 Å². The number of carbonyl (C=O) groups excluding carboxylic acids is 3. The zero-order valence-corrected chi connectivity index (χ0v) is 24.0. The number of benzene rings is 2. The van der Waals surface area contributed by atoms with Gasteiger partial charge >= 0.3 is 0 Å². The average molecular weight is 628 g/mol. The van der Waals surface area contributed by atoms with Crippen LogP contribution in [0.2, 0.25) is 0 Å². The maximum absolute atomic E-state index is 13.1. The third-order valence-electron chi connectivity index (χ3n) is 7.15. The predicted octanol–water partition coefficient (Wildman–Crippen LogP) is 6.55. The van der Waals surface area contributed by atoms with Crippen molar-refractivity contribution in [2.24, 2.45) is 0 Å². The van der Waals surface area contributed by atoms with Crippen LogP contribution in [0, 0.1) is 13.8 Å². The molecule has 0 saturated heterocycles. The van der Waals surface area contributed by atoms with Crippen LogP contribution in [0.3, 0.4) is 0 Å². The molecule has 1 heterocycles. The number of hydrogen-bond donors (Lipinski definition) is 2. The second-order valence-electron chi connectivity index (χ2n) is 9.86. The second-order valence-corrected chi connectivity index (χ2v) is 11.6. The van der Waals surface area contributed by atoms with Crippen LogP contribution >= 0.6 is 31.9 Å². The number of halogens is 2. The van der Waals surface area contributed by atoms with Crippen LogP contribution in [0.25, 0.3) is 0 Å². The molecule has 37 heavy (non-hydrogen) atoms. The molecule has 192 valence electrons. The maximum Gasteiger partial charge on any atom is 0.262 e. The van der Waals surface area contributed by atoms with Crippen LogP contribution in [0.1, 0.15) is 61.1 Å². The Balaban J connectivity index is 1.41. The first kappa shape index (κ1) is 25.9. The van der Waals surface area contributed by atoms with E-state index in [-0.39, 0.29) is 24.1 Å². The van der Waals surface area contributed by atoms with Crippen molar-refractivity contribution in [2.75, 3.05) is 11.9 Å². The van der Waals surface area contributed by atoms with E-state index >= 15 is 0 Å². The van der Waals surface area contributed by atoms with Crippen LogP contribution < -0.4 is 15.4 Å².